The first-order valence-corrected chi connectivity index (χ1v) is 7.47. The number of aliphatic imine (C=N–C) groups is 1. The van der Waals surface area contributed by atoms with Crippen LogP contribution in [0.15, 0.2) is 29.3 Å². The maximum absolute atomic E-state index is 6.05. The van der Waals surface area contributed by atoms with E-state index >= 15 is 0 Å². The van der Waals surface area contributed by atoms with E-state index < -0.39 is 0 Å². The molecule has 0 amide bonds. The molecule has 1 aromatic carbocycles. The molecule has 3 nitrogen and oxygen atoms in total. The summed E-state index contributed by atoms with van der Waals surface area (Å²) < 4.78 is 0. The largest absolute Gasteiger partial charge is 0.370 e. The minimum Gasteiger partial charge on any atom is -0.370 e. The van der Waals surface area contributed by atoms with Crippen LogP contribution in [0.25, 0.3) is 0 Å². The minimum atomic E-state index is 0.369. The molecular weight excluding hydrogens is 234 g/mol. The van der Waals surface area contributed by atoms with E-state index in [-0.39, 0.29) is 0 Å². The normalized spacial score (nSPS) is 26.6. The number of benzene rings is 1. The molecule has 0 bridgehead atoms. The first-order valence-electron chi connectivity index (χ1n) is 7.47. The Morgan fingerprint density at radius 3 is 2.37 bits per heavy atom. The van der Waals surface area contributed by atoms with Crippen molar-refractivity contribution in [3.63, 3.8) is 0 Å². The highest BCUT2D eigenvalue weighted by atomic mass is 15.3. The van der Waals surface area contributed by atoms with Crippen molar-refractivity contribution in [3.8, 4) is 0 Å². The van der Waals surface area contributed by atoms with Gasteiger partial charge in [-0.3, -0.25) is 4.99 Å². The number of guanidine groups is 1. The summed E-state index contributed by atoms with van der Waals surface area (Å²) in [7, 11) is 0. The molecule has 0 saturated heterocycles. The molecule has 2 aliphatic carbocycles. The predicted molar refractivity (Wildman–Crippen MR) is 77.1 cm³/mol. The summed E-state index contributed by atoms with van der Waals surface area (Å²) in [5.41, 5.74) is 8.92. The van der Waals surface area contributed by atoms with Crippen LogP contribution < -0.4 is 5.73 Å². The van der Waals surface area contributed by atoms with Crippen molar-refractivity contribution in [1.82, 2.24) is 4.90 Å². The molecular formula is C16H21N3. The van der Waals surface area contributed by atoms with Gasteiger partial charge >= 0.3 is 0 Å². The van der Waals surface area contributed by atoms with Crippen molar-refractivity contribution in [3.05, 3.63) is 35.4 Å². The Balaban J connectivity index is 1.53. The van der Waals surface area contributed by atoms with E-state index in [0.29, 0.717) is 6.04 Å². The van der Waals surface area contributed by atoms with Gasteiger partial charge in [-0.25, -0.2) is 0 Å². The first-order chi connectivity index (χ1) is 9.31. The fourth-order valence-corrected chi connectivity index (χ4v) is 3.02. The molecule has 3 heteroatoms. The third-order valence-electron chi connectivity index (χ3n) is 4.62. The molecule has 0 spiro atoms. The van der Waals surface area contributed by atoms with Gasteiger partial charge in [0, 0.05) is 6.54 Å². The number of nitrogens with two attached hydrogens (primary N) is 1. The van der Waals surface area contributed by atoms with Gasteiger partial charge in [-0.05, 0) is 48.6 Å². The third-order valence-corrected chi connectivity index (χ3v) is 4.62. The fraction of sp³-hybridized carbons (Fsp3) is 0.562. The number of rotatable bonds is 4. The van der Waals surface area contributed by atoms with E-state index in [2.05, 4.69) is 34.2 Å². The Hall–Kier alpha value is -1.51. The van der Waals surface area contributed by atoms with E-state index in [4.69, 9.17) is 5.73 Å². The van der Waals surface area contributed by atoms with Crippen LogP contribution in [0.1, 0.15) is 48.8 Å². The monoisotopic (exact) mass is 255 g/mol. The highest BCUT2D eigenvalue weighted by Crippen LogP contribution is 2.40. The van der Waals surface area contributed by atoms with Crippen molar-refractivity contribution in [2.24, 2.45) is 16.6 Å². The summed E-state index contributed by atoms with van der Waals surface area (Å²) in [6.45, 7) is 1.91. The second-order valence-electron chi connectivity index (χ2n) is 6.25. The molecule has 3 aliphatic rings. The van der Waals surface area contributed by atoms with E-state index in [1.165, 1.54) is 36.8 Å². The first kappa shape index (κ1) is 11.3. The van der Waals surface area contributed by atoms with Crippen molar-refractivity contribution in [2.45, 2.75) is 37.6 Å². The average Bonchev–Trinajstić information content (AvgIpc) is 3.32. The molecule has 100 valence electrons. The lowest BCUT2D eigenvalue weighted by atomic mass is 10.0. The van der Waals surface area contributed by atoms with Crippen molar-refractivity contribution < 1.29 is 0 Å². The Kier molecular flexibility index (Phi) is 2.54. The standard InChI is InChI=1S/C16H21N3/c17-16-18-9-15(19(16)10-11-1-2-11)14-7-5-13(6-8-14)12-3-4-12/h5-8,11-12,15H,1-4,9-10H2,(H2,17,18). The van der Waals surface area contributed by atoms with E-state index in [1.807, 2.05) is 0 Å². The maximum atomic E-state index is 6.05. The Labute approximate surface area is 114 Å². The number of hydrogen-bond donors (Lipinski definition) is 1. The van der Waals surface area contributed by atoms with E-state index in [1.54, 1.807) is 0 Å². The predicted octanol–water partition coefficient (Wildman–Crippen LogP) is 2.65. The van der Waals surface area contributed by atoms with Gasteiger partial charge in [0.25, 0.3) is 0 Å². The lowest BCUT2D eigenvalue weighted by Crippen LogP contribution is -2.37. The zero-order chi connectivity index (χ0) is 12.8. The molecule has 2 fully saturated rings. The molecule has 4 rings (SSSR count). The van der Waals surface area contributed by atoms with E-state index in [9.17, 15) is 0 Å². The number of nitrogens with zero attached hydrogens (tertiary/aromatic N) is 2. The molecule has 2 saturated carbocycles. The molecule has 0 aromatic heterocycles. The Morgan fingerprint density at radius 1 is 1.05 bits per heavy atom. The topological polar surface area (TPSA) is 41.6 Å². The smallest absolute Gasteiger partial charge is 0.191 e. The van der Waals surface area contributed by atoms with Gasteiger partial charge in [-0.2, -0.15) is 0 Å². The highest BCUT2D eigenvalue weighted by Gasteiger charge is 2.33. The summed E-state index contributed by atoms with van der Waals surface area (Å²) in [6.07, 6.45) is 5.45. The second-order valence-corrected chi connectivity index (χ2v) is 6.25. The fourth-order valence-electron chi connectivity index (χ4n) is 3.02. The lowest BCUT2D eigenvalue weighted by Gasteiger charge is -2.26. The van der Waals surface area contributed by atoms with Gasteiger partial charge in [0.15, 0.2) is 5.96 Å². The Morgan fingerprint density at radius 2 is 1.74 bits per heavy atom. The van der Waals surface area contributed by atoms with Crippen LogP contribution in [0.5, 0.6) is 0 Å². The summed E-state index contributed by atoms with van der Waals surface area (Å²) in [5, 5.41) is 0. The zero-order valence-corrected chi connectivity index (χ0v) is 11.3. The molecule has 19 heavy (non-hydrogen) atoms. The van der Waals surface area contributed by atoms with Gasteiger partial charge in [0.2, 0.25) is 0 Å². The average molecular weight is 255 g/mol. The molecule has 1 atom stereocenters. The maximum Gasteiger partial charge on any atom is 0.191 e. The van der Waals surface area contributed by atoms with Gasteiger partial charge in [-0.15, -0.1) is 0 Å². The molecule has 1 aromatic rings. The van der Waals surface area contributed by atoms with Crippen molar-refractivity contribution >= 4 is 5.96 Å². The van der Waals surface area contributed by atoms with E-state index in [0.717, 1.165) is 30.9 Å². The summed E-state index contributed by atoms with van der Waals surface area (Å²) >= 11 is 0. The number of hydrogen-bond acceptors (Lipinski definition) is 3. The van der Waals surface area contributed by atoms with Crippen LogP contribution >= 0.6 is 0 Å². The molecule has 1 aliphatic heterocycles. The van der Waals surface area contributed by atoms with Crippen molar-refractivity contribution in [1.29, 1.82) is 0 Å². The third kappa shape index (κ3) is 2.22. The molecule has 2 N–H and O–H groups in total. The highest BCUT2D eigenvalue weighted by molar-refractivity contribution is 5.80. The van der Waals surface area contributed by atoms with Crippen molar-refractivity contribution in [2.75, 3.05) is 13.1 Å². The molecule has 0 radical (unpaired) electrons. The second kappa shape index (κ2) is 4.26. The van der Waals surface area contributed by atoms with Gasteiger partial charge in [0.05, 0.1) is 12.6 Å². The van der Waals surface area contributed by atoms with Gasteiger partial charge in [-0.1, -0.05) is 24.3 Å². The molecule has 1 heterocycles. The summed E-state index contributed by atoms with van der Waals surface area (Å²) in [6, 6.07) is 9.54. The lowest BCUT2D eigenvalue weighted by molar-refractivity contribution is 0.333. The Bertz CT molecular complexity index is 497. The van der Waals surface area contributed by atoms with Gasteiger partial charge in [0.1, 0.15) is 0 Å². The summed E-state index contributed by atoms with van der Waals surface area (Å²) in [5.74, 6) is 2.42. The van der Waals surface area contributed by atoms with Gasteiger partial charge < -0.3 is 10.6 Å². The zero-order valence-electron chi connectivity index (χ0n) is 11.3. The van der Waals surface area contributed by atoms with Crippen LogP contribution in [0.2, 0.25) is 0 Å². The minimum absolute atomic E-state index is 0.369. The van der Waals surface area contributed by atoms with Crippen LogP contribution in [0, 0.1) is 5.92 Å². The summed E-state index contributed by atoms with van der Waals surface area (Å²) in [4.78, 5) is 6.76. The quantitative estimate of drug-likeness (QED) is 0.898. The van der Waals surface area contributed by atoms with Crippen LogP contribution in [-0.4, -0.2) is 23.9 Å². The van der Waals surface area contributed by atoms with Crippen LogP contribution in [-0.2, 0) is 0 Å². The van der Waals surface area contributed by atoms with Crippen LogP contribution in [0.3, 0.4) is 0 Å². The molecule has 1 unspecified atom stereocenters. The van der Waals surface area contributed by atoms with Crippen LogP contribution in [0.4, 0.5) is 0 Å². The SMILES string of the molecule is NC1=NCC(c2ccc(C3CC3)cc2)N1CC1CC1.